The summed E-state index contributed by atoms with van der Waals surface area (Å²) in [5.41, 5.74) is 3.79. The van der Waals surface area contributed by atoms with Gasteiger partial charge in [0.05, 0.1) is 29.9 Å². The molecule has 3 aromatic rings. The van der Waals surface area contributed by atoms with Crippen LogP contribution in [0.1, 0.15) is 22.3 Å². The van der Waals surface area contributed by atoms with Gasteiger partial charge < -0.3 is 4.74 Å². The number of hydrogen-bond donors (Lipinski definition) is 1. The fourth-order valence-corrected chi connectivity index (χ4v) is 3.87. The highest BCUT2D eigenvalue weighted by molar-refractivity contribution is 6.33. The van der Waals surface area contributed by atoms with E-state index >= 15 is 0 Å². The Morgan fingerprint density at radius 1 is 1.03 bits per heavy atom. The first-order chi connectivity index (χ1) is 15.2. The number of alkyl halides is 3. The molecule has 32 heavy (non-hydrogen) atoms. The van der Waals surface area contributed by atoms with Crippen molar-refractivity contribution in [3.05, 3.63) is 93.5 Å². The fraction of sp³-hybridized carbons (Fsp3) is 0.130. The minimum atomic E-state index is -4.62. The molecule has 1 aliphatic rings. The van der Waals surface area contributed by atoms with Crippen LogP contribution in [0.25, 0.3) is 11.8 Å². The molecule has 0 fully saturated rings. The minimum Gasteiger partial charge on any atom is -0.494 e. The average Bonchev–Trinajstić information content (AvgIpc) is 2.74. The Morgan fingerprint density at radius 3 is 2.47 bits per heavy atom. The highest BCUT2D eigenvalue weighted by Crippen LogP contribution is 2.42. The second-order valence-corrected chi connectivity index (χ2v) is 7.43. The molecule has 1 N–H and O–H groups in total. The summed E-state index contributed by atoms with van der Waals surface area (Å²) in [4.78, 5) is 0. The molecule has 0 saturated heterocycles. The first kappa shape index (κ1) is 22.0. The van der Waals surface area contributed by atoms with E-state index in [9.17, 15) is 22.0 Å². The Bertz CT molecular complexity index is 1210. The van der Waals surface area contributed by atoms with Crippen LogP contribution in [-0.4, -0.2) is 7.11 Å². The van der Waals surface area contributed by atoms with E-state index in [0.29, 0.717) is 17.0 Å². The predicted molar refractivity (Wildman–Crippen MR) is 113 cm³/mol. The molecule has 0 atom stereocenters. The van der Waals surface area contributed by atoms with Gasteiger partial charge in [-0.2, -0.15) is 13.2 Å². The number of nitrogens with one attached hydrogen (secondary N) is 1. The molecule has 4 rings (SSSR count). The van der Waals surface area contributed by atoms with Gasteiger partial charge in [-0.25, -0.2) is 8.78 Å². The van der Waals surface area contributed by atoms with Crippen molar-refractivity contribution in [1.29, 1.82) is 0 Å². The van der Waals surface area contributed by atoms with Gasteiger partial charge >= 0.3 is 6.18 Å². The zero-order chi connectivity index (χ0) is 23.0. The van der Waals surface area contributed by atoms with Gasteiger partial charge in [-0.15, -0.1) is 0 Å². The molecule has 0 bridgehead atoms. The topological polar surface area (TPSA) is 24.5 Å². The van der Waals surface area contributed by atoms with Crippen molar-refractivity contribution in [2.45, 2.75) is 12.7 Å². The van der Waals surface area contributed by atoms with Crippen LogP contribution in [0.5, 0.6) is 5.75 Å². The fourth-order valence-electron chi connectivity index (χ4n) is 3.53. The number of ether oxygens (including phenoxy) is 1. The molecule has 0 aromatic heterocycles. The summed E-state index contributed by atoms with van der Waals surface area (Å²) < 4.78 is 73.2. The zero-order valence-electron chi connectivity index (χ0n) is 16.6. The van der Waals surface area contributed by atoms with Crippen LogP contribution in [0.2, 0.25) is 5.02 Å². The largest absolute Gasteiger partial charge is 0.494 e. The monoisotopic (exact) mass is 466 g/mol. The van der Waals surface area contributed by atoms with Gasteiger partial charge in [0.1, 0.15) is 23.1 Å². The lowest BCUT2D eigenvalue weighted by Gasteiger charge is -2.34. The minimum absolute atomic E-state index is 0.0621. The van der Waals surface area contributed by atoms with Crippen molar-refractivity contribution in [3.63, 3.8) is 0 Å². The maximum Gasteiger partial charge on any atom is 0.417 e. The van der Waals surface area contributed by atoms with Crippen LogP contribution in [0.4, 0.5) is 27.6 Å². The van der Waals surface area contributed by atoms with E-state index in [4.69, 9.17) is 16.3 Å². The van der Waals surface area contributed by atoms with E-state index < -0.39 is 28.4 Å². The number of nitrogens with zero attached hydrogens (tertiary/aromatic N) is 1. The SMILES string of the molecule is COc1cccc2c1N(Cc1ccc(F)cc1F)NC(c1cccc(C(F)(F)F)c1Cl)=C2. The molecule has 9 heteroatoms. The molecule has 0 amide bonds. The molecule has 3 nitrogen and oxygen atoms in total. The van der Waals surface area contributed by atoms with Gasteiger partial charge in [-0.3, -0.25) is 10.4 Å². The first-order valence-electron chi connectivity index (χ1n) is 9.42. The molecule has 0 unspecified atom stereocenters. The molecular formula is C23H16ClF5N2O. The maximum atomic E-state index is 14.3. The Hall–Kier alpha value is -3.26. The summed E-state index contributed by atoms with van der Waals surface area (Å²) in [6.07, 6.45) is -2.99. The number of halogens is 6. The van der Waals surface area contributed by atoms with Crippen LogP contribution in [0, 0.1) is 11.6 Å². The summed E-state index contributed by atoms with van der Waals surface area (Å²) in [6.45, 7) is -0.0621. The average molecular weight is 467 g/mol. The number of rotatable bonds is 4. The summed E-state index contributed by atoms with van der Waals surface area (Å²) in [5.74, 6) is -1.01. The summed E-state index contributed by atoms with van der Waals surface area (Å²) in [6, 6.07) is 12.0. The first-order valence-corrected chi connectivity index (χ1v) is 9.79. The lowest BCUT2D eigenvalue weighted by molar-refractivity contribution is -0.137. The molecule has 0 radical (unpaired) electrons. The second-order valence-electron chi connectivity index (χ2n) is 7.05. The Balaban J connectivity index is 1.82. The maximum absolute atomic E-state index is 14.3. The van der Waals surface area contributed by atoms with Crippen LogP contribution in [-0.2, 0) is 12.7 Å². The lowest BCUT2D eigenvalue weighted by atomic mass is 10.0. The lowest BCUT2D eigenvalue weighted by Crippen LogP contribution is -2.39. The van der Waals surface area contributed by atoms with Crippen molar-refractivity contribution in [1.82, 2.24) is 5.43 Å². The number of benzene rings is 3. The molecule has 0 saturated carbocycles. The van der Waals surface area contributed by atoms with Crippen molar-refractivity contribution in [2.75, 3.05) is 12.1 Å². The van der Waals surface area contributed by atoms with Crippen LogP contribution in [0.15, 0.2) is 54.6 Å². The third-order valence-corrected chi connectivity index (χ3v) is 5.42. The van der Waals surface area contributed by atoms with Gasteiger partial charge in [0.2, 0.25) is 0 Å². The summed E-state index contributed by atoms with van der Waals surface area (Å²) in [7, 11) is 1.47. The summed E-state index contributed by atoms with van der Waals surface area (Å²) >= 11 is 6.12. The van der Waals surface area contributed by atoms with Gasteiger partial charge in [0.15, 0.2) is 0 Å². The van der Waals surface area contributed by atoms with Gasteiger partial charge in [0, 0.05) is 22.8 Å². The van der Waals surface area contributed by atoms with E-state index in [1.54, 1.807) is 24.3 Å². The zero-order valence-corrected chi connectivity index (χ0v) is 17.4. The van der Waals surface area contributed by atoms with E-state index in [2.05, 4.69) is 5.43 Å². The van der Waals surface area contributed by atoms with Gasteiger partial charge in [-0.05, 0) is 24.3 Å². The summed E-state index contributed by atoms with van der Waals surface area (Å²) in [5, 5.41) is 1.06. The number of hydrazine groups is 1. The predicted octanol–water partition coefficient (Wildman–Crippen LogP) is 6.67. The second kappa shape index (κ2) is 8.35. The Morgan fingerprint density at radius 2 is 1.78 bits per heavy atom. The van der Waals surface area contributed by atoms with Crippen molar-refractivity contribution >= 4 is 29.1 Å². The highest BCUT2D eigenvalue weighted by Gasteiger charge is 2.35. The molecule has 0 spiro atoms. The molecular weight excluding hydrogens is 451 g/mol. The normalized spacial score (nSPS) is 13.3. The van der Waals surface area contributed by atoms with Gasteiger partial charge in [0.25, 0.3) is 0 Å². The quantitative estimate of drug-likeness (QED) is 0.435. The molecule has 166 valence electrons. The van der Waals surface area contributed by atoms with E-state index in [1.807, 2.05) is 0 Å². The molecule has 3 aromatic carbocycles. The number of fused-ring (bicyclic) bond motifs is 1. The number of hydrogen-bond acceptors (Lipinski definition) is 3. The van der Waals surface area contributed by atoms with Crippen LogP contribution < -0.4 is 15.2 Å². The van der Waals surface area contributed by atoms with Crippen LogP contribution >= 0.6 is 11.6 Å². The van der Waals surface area contributed by atoms with Crippen molar-refractivity contribution in [3.8, 4) is 5.75 Å². The molecule has 0 aliphatic carbocycles. The molecule has 1 heterocycles. The van der Waals surface area contributed by atoms with E-state index in [-0.39, 0.29) is 23.4 Å². The highest BCUT2D eigenvalue weighted by atomic mass is 35.5. The smallest absolute Gasteiger partial charge is 0.417 e. The van der Waals surface area contributed by atoms with Gasteiger partial charge in [-0.1, -0.05) is 41.9 Å². The van der Waals surface area contributed by atoms with Crippen molar-refractivity contribution in [2.24, 2.45) is 0 Å². The Kier molecular flexibility index (Phi) is 5.73. The van der Waals surface area contributed by atoms with E-state index in [0.717, 1.165) is 18.2 Å². The number of anilines is 1. The number of para-hydroxylation sites is 1. The van der Waals surface area contributed by atoms with E-state index in [1.165, 1.54) is 30.3 Å². The van der Waals surface area contributed by atoms with Crippen LogP contribution in [0.3, 0.4) is 0 Å². The van der Waals surface area contributed by atoms with Crippen molar-refractivity contribution < 1.29 is 26.7 Å². The molecule has 1 aliphatic heterocycles. The Labute approximate surface area is 185 Å². The third-order valence-electron chi connectivity index (χ3n) is 5.01. The third kappa shape index (κ3) is 4.10. The standard InChI is InChI=1S/C23H16ClF5N2O/c1-32-20-7-2-4-13-10-19(16-5-3-6-17(21(16)24)23(27,28)29)30-31(22(13)20)12-14-8-9-15(25)11-18(14)26/h2-11,30H,12H2,1H3. The number of methoxy groups -OCH3 is 1.